The number of rotatable bonds is 6. The Labute approximate surface area is 180 Å². The zero-order valence-electron chi connectivity index (χ0n) is 17.4. The topological polar surface area (TPSA) is 92.1 Å². The number of anilines is 2. The normalized spacial score (nSPS) is 19.7. The van der Waals surface area contributed by atoms with E-state index in [1.165, 1.54) is 18.4 Å². The van der Waals surface area contributed by atoms with Gasteiger partial charge in [-0.3, -0.25) is 4.90 Å². The second-order valence-corrected chi connectivity index (χ2v) is 8.68. The van der Waals surface area contributed by atoms with E-state index in [1.807, 2.05) is 4.68 Å². The van der Waals surface area contributed by atoms with Crippen molar-refractivity contribution < 1.29 is 4.79 Å². The summed E-state index contributed by atoms with van der Waals surface area (Å²) in [6, 6.07) is 10.3. The average molecular weight is 416 g/mol. The summed E-state index contributed by atoms with van der Waals surface area (Å²) >= 11 is 0. The molecule has 2 aliphatic carbocycles. The minimum Gasteiger partial charge on any atom is -0.341 e. The number of benzene rings is 1. The molecule has 6 rings (SSSR count). The van der Waals surface area contributed by atoms with Crippen LogP contribution in [-0.4, -0.2) is 55.8 Å². The molecular formula is C22H24N8O. The predicted molar refractivity (Wildman–Crippen MR) is 115 cm³/mol. The lowest BCUT2D eigenvalue weighted by atomic mass is 10.1. The third-order valence-electron chi connectivity index (χ3n) is 6.34. The lowest BCUT2D eigenvalue weighted by molar-refractivity contribution is 0.229. The molecule has 0 bridgehead atoms. The quantitative estimate of drug-likeness (QED) is 0.664. The minimum atomic E-state index is -0.357. The fourth-order valence-corrected chi connectivity index (χ4v) is 4.11. The molecule has 1 saturated heterocycles. The van der Waals surface area contributed by atoms with E-state index in [1.54, 1.807) is 35.4 Å². The van der Waals surface area contributed by atoms with Crippen molar-refractivity contribution >= 4 is 17.8 Å². The maximum Gasteiger partial charge on any atom is 0.325 e. The van der Waals surface area contributed by atoms with Crippen LogP contribution in [0.5, 0.6) is 0 Å². The van der Waals surface area contributed by atoms with Crippen molar-refractivity contribution in [1.82, 2.24) is 29.6 Å². The monoisotopic (exact) mass is 416 g/mol. The first-order valence-electron chi connectivity index (χ1n) is 10.8. The van der Waals surface area contributed by atoms with E-state index in [-0.39, 0.29) is 11.6 Å². The van der Waals surface area contributed by atoms with Crippen molar-refractivity contribution in [2.45, 2.75) is 37.1 Å². The number of amides is 2. The van der Waals surface area contributed by atoms with Crippen molar-refractivity contribution in [2.24, 2.45) is 0 Å². The molecule has 2 amide bonds. The number of carbonyl (C=O) groups is 1. The highest BCUT2D eigenvalue weighted by molar-refractivity contribution is 5.93. The molecule has 0 unspecified atom stereocenters. The third kappa shape index (κ3) is 3.30. The van der Waals surface area contributed by atoms with Gasteiger partial charge in [0.1, 0.15) is 17.7 Å². The first kappa shape index (κ1) is 18.3. The first-order valence-corrected chi connectivity index (χ1v) is 10.8. The number of nitrogens with one attached hydrogen (secondary N) is 1. The summed E-state index contributed by atoms with van der Waals surface area (Å²) in [5.74, 6) is 2.55. The van der Waals surface area contributed by atoms with E-state index in [0.29, 0.717) is 30.8 Å². The van der Waals surface area contributed by atoms with Gasteiger partial charge in [0.15, 0.2) is 5.82 Å². The van der Waals surface area contributed by atoms with Gasteiger partial charge in [-0.15, -0.1) is 5.10 Å². The number of hydrogen-bond acceptors (Lipinski definition) is 6. The van der Waals surface area contributed by atoms with Gasteiger partial charge in [0, 0.05) is 26.3 Å². The molecule has 3 aliphatic rings. The van der Waals surface area contributed by atoms with E-state index < -0.39 is 0 Å². The number of likely N-dealkylation sites (N-methyl/N-ethyl adjacent to an activating group) is 1. The maximum atomic E-state index is 12.3. The van der Waals surface area contributed by atoms with Crippen molar-refractivity contribution in [3.63, 3.8) is 0 Å². The van der Waals surface area contributed by atoms with Gasteiger partial charge in [-0.05, 0) is 55.4 Å². The van der Waals surface area contributed by atoms with Gasteiger partial charge in [0.2, 0.25) is 5.95 Å². The van der Waals surface area contributed by atoms with Crippen LogP contribution < -0.4 is 10.2 Å². The van der Waals surface area contributed by atoms with Crippen LogP contribution in [0.15, 0.2) is 42.9 Å². The minimum absolute atomic E-state index is 0.0420. The molecule has 2 aromatic heterocycles. The molecule has 3 fully saturated rings. The van der Waals surface area contributed by atoms with Crippen molar-refractivity contribution in [3.05, 3.63) is 54.2 Å². The van der Waals surface area contributed by atoms with Crippen LogP contribution in [0.1, 0.15) is 43.0 Å². The van der Waals surface area contributed by atoms with Gasteiger partial charge in [-0.2, -0.15) is 4.98 Å². The largest absolute Gasteiger partial charge is 0.341 e. The molecule has 1 N–H and O–H groups in total. The Morgan fingerprint density at radius 1 is 1.13 bits per heavy atom. The number of urea groups is 1. The summed E-state index contributed by atoms with van der Waals surface area (Å²) in [6.45, 7) is 1.32. The van der Waals surface area contributed by atoms with Gasteiger partial charge in [0.25, 0.3) is 0 Å². The second kappa shape index (κ2) is 6.76. The number of carbonyl (C=O) groups excluding carboxylic acids is 1. The van der Waals surface area contributed by atoms with Crippen LogP contribution in [0.2, 0.25) is 0 Å². The van der Waals surface area contributed by atoms with Crippen LogP contribution in [0.3, 0.4) is 0 Å². The summed E-state index contributed by atoms with van der Waals surface area (Å²) in [5.41, 5.74) is 2.05. The lowest BCUT2D eigenvalue weighted by Gasteiger charge is -2.17. The van der Waals surface area contributed by atoms with E-state index >= 15 is 0 Å². The van der Waals surface area contributed by atoms with Crippen LogP contribution in [0.25, 0.3) is 5.69 Å². The van der Waals surface area contributed by atoms with Crippen molar-refractivity contribution in [1.29, 1.82) is 0 Å². The zero-order valence-corrected chi connectivity index (χ0v) is 17.4. The summed E-state index contributed by atoms with van der Waals surface area (Å²) in [4.78, 5) is 29.2. The molecule has 9 heteroatoms. The molecule has 0 radical (unpaired) electrons. The van der Waals surface area contributed by atoms with Crippen LogP contribution >= 0.6 is 0 Å². The molecule has 0 spiro atoms. The number of hydrogen-bond donors (Lipinski definition) is 1. The predicted octanol–water partition coefficient (Wildman–Crippen LogP) is 2.91. The van der Waals surface area contributed by atoms with Crippen LogP contribution in [0, 0.1) is 0 Å². The molecule has 2 saturated carbocycles. The van der Waals surface area contributed by atoms with Gasteiger partial charge in [-0.25, -0.2) is 19.4 Å². The fourth-order valence-electron chi connectivity index (χ4n) is 4.11. The Morgan fingerprint density at radius 2 is 2.00 bits per heavy atom. The number of aromatic nitrogens is 5. The van der Waals surface area contributed by atoms with Gasteiger partial charge < -0.3 is 10.2 Å². The third-order valence-corrected chi connectivity index (χ3v) is 6.34. The maximum absolute atomic E-state index is 12.3. The SMILES string of the molecule is CN1CCN(c2ccnc(NC3(c4ncn(-c5cccc(C6CC6)c5)n4)CC3)n2)C1=O. The Bertz CT molecular complexity index is 1150. The lowest BCUT2D eigenvalue weighted by Crippen LogP contribution is -2.30. The van der Waals surface area contributed by atoms with Crippen molar-refractivity contribution in [2.75, 3.05) is 30.4 Å². The Balaban J connectivity index is 1.23. The average Bonchev–Trinajstić information content (AvgIpc) is 3.70. The molecule has 0 atom stereocenters. The van der Waals surface area contributed by atoms with E-state index in [0.717, 1.165) is 24.4 Å². The summed E-state index contributed by atoms with van der Waals surface area (Å²) in [5, 5.41) is 8.20. The van der Waals surface area contributed by atoms with Gasteiger partial charge in [-0.1, -0.05) is 12.1 Å². The summed E-state index contributed by atoms with van der Waals surface area (Å²) in [7, 11) is 1.80. The first-order chi connectivity index (χ1) is 15.1. The van der Waals surface area contributed by atoms with E-state index in [2.05, 4.69) is 44.5 Å². The Morgan fingerprint density at radius 3 is 2.74 bits per heavy atom. The van der Waals surface area contributed by atoms with Gasteiger partial charge in [0.05, 0.1) is 5.69 Å². The second-order valence-electron chi connectivity index (χ2n) is 8.68. The molecule has 3 heterocycles. The fraction of sp³-hybridized carbons (Fsp3) is 0.409. The van der Waals surface area contributed by atoms with E-state index in [4.69, 9.17) is 5.10 Å². The Hall–Kier alpha value is -3.49. The summed E-state index contributed by atoms with van der Waals surface area (Å²) < 4.78 is 1.85. The molecule has 3 aromatic rings. The van der Waals surface area contributed by atoms with Crippen molar-refractivity contribution in [3.8, 4) is 5.69 Å². The molecule has 1 aromatic carbocycles. The highest BCUT2D eigenvalue weighted by atomic mass is 16.2. The summed E-state index contributed by atoms with van der Waals surface area (Å²) in [6.07, 6.45) is 7.84. The molecule has 9 nitrogen and oxygen atoms in total. The number of nitrogens with zero attached hydrogens (tertiary/aromatic N) is 7. The molecule has 1 aliphatic heterocycles. The van der Waals surface area contributed by atoms with Crippen LogP contribution in [0.4, 0.5) is 16.6 Å². The smallest absolute Gasteiger partial charge is 0.325 e. The Kier molecular flexibility index (Phi) is 3.99. The molecule has 31 heavy (non-hydrogen) atoms. The van der Waals surface area contributed by atoms with Crippen LogP contribution in [-0.2, 0) is 5.54 Å². The zero-order chi connectivity index (χ0) is 21.0. The molecular weight excluding hydrogens is 392 g/mol. The van der Waals surface area contributed by atoms with Gasteiger partial charge >= 0.3 is 6.03 Å². The standard InChI is InChI=1S/C22H24N8O/c1-28-11-12-29(21(28)31)18-7-10-23-20(25-18)26-22(8-9-22)19-24-14-30(27-19)17-4-2-3-16(13-17)15-5-6-15/h2-4,7,10,13-15H,5-6,8-9,11-12H2,1H3,(H,23,25,26). The van der Waals surface area contributed by atoms with E-state index in [9.17, 15) is 4.79 Å². The highest BCUT2D eigenvalue weighted by Crippen LogP contribution is 2.46. The highest BCUT2D eigenvalue weighted by Gasteiger charge is 2.49. The molecule has 158 valence electrons.